The van der Waals surface area contributed by atoms with Crippen molar-refractivity contribution in [1.82, 2.24) is 15.2 Å². The van der Waals surface area contributed by atoms with Gasteiger partial charge in [-0.1, -0.05) is 12.1 Å². The van der Waals surface area contributed by atoms with Crippen LogP contribution in [0.25, 0.3) is 11.3 Å². The van der Waals surface area contributed by atoms with E-state index in [-0.39, 0.29) is 18.2 Å². The largest absolute Gasteiger partial charge is 0.478 e. The van der Waals surface area contributed by atoms with E-state index in [9.17, 15) is 14.4 Å². The molecule has 1 N–H and O–H groups in total. The van der Waals surface area contributed by atoms with Crippen LogP contribution in [0.4, 0.5) is 0 Å². The zero-order valence-corrected chi connectivity index (χ0v) is 14.9. The molecule has 1 aromatic carbocycles. The van der Waals surface area contributed by atoms with Crippen molar-refractivity contribution < 1.29 is 19.1 Å². The molecule has 1 aromatic heterocycles. The summed E-state index contributed by atoms with van der Waals surface area (Å²) < 4.78 is 5.45. The van der Waals surface area contributed by atoms with Gasteiger partial charge in [-0.15, -0.1) is 0 Å². The highest BCUT2D eigenvalue weighted by Gasteiger charge is 2.39. The monoisotopic (exact) mass is 365 g/mol. The van der Waals surface area contributed by atoms with Crippen LogP contribution >= 0.6 is 0 Å². The molecule has 7 heteroatoms. The number of imide groups is 1. The molecule has 2 aliphatic heterocycles. The molecule has 1 atom stereocenters. The van der Waals surface area contributed by atoms with Gasteiger partial charge in [-0.05, 0) is 37.1 Å². The molecule has 2 aliphatic rings. The van der Waals surface area contributed by atoms with Crippen LogP contribution in [-0.2, 0) is 16.1 Å². The molecule has 1 fully saturated rings. The Hall–Kier alpha value is -3.22. The van der Waals surface area contributed by atoms with Gasteiger partial charge in [0.15, 0.2) is 0 Å². The number of fused-ring (bicyclic) bond motifs is 1. The second-order valence-electron chi connectivity index (χ2n) is 6.57. The van der Waals surface area contributed by atoms with Gasteiger partial charge in [0.2, 0.25) is 17.7 Å². The molecule has 0 spiro atoms. The molecule has 3 heterocycles. The predicted octanol–water partition coefficient (Wildman–Crippen LogP) is 1.91. The topological polar surface area (TPSA) is 88.6 Å². The summed E-state index contributed by atoms with van der Waals surface area (Å²) in [5.41, 5.74) is 3.08. The van der Waals surface area contributed by atoms with E-state index < -0.39 is 11.9 Å². The number of rotatable bonds is 4. The number of aromatic nitrogens is 1. The lowest BCUT2D eigenvalue weighted by atomic mass is 10.0. The minimum Gasteiger partial charge on any atom is -0.478 e. The van der Waals surface area contributed by atoms with Gasteiger partial charge in [0, 0.05) is 30.2 Å². The van der Waals surface area contributed by atoms with Gasteiger partial charge in [0.05, 0.1) is 12.3 Å². The normalized spacial score (nSPS) is 19.1. The predicted molar refractivity (Wildman–Crippen MR) is 96.9 cm³/mol. The van der Waals surface area contributed by atoms with Crippen molar-refractivity contribution in [3.05, 3.63) is 47.5 Å². The van der Waals surface area contributed by atoms with E-state index in [0.717, 1.165) is 16.8 Å². The number of carbonyl (C=O) groups is 3. The first-order valence-corrected chi connectivity index (χ1v) is 8.94. The van der Waals surface area contributed by atoms with Crippen molar-refractivity contribution in [2.45, 2.75) is 32.4 Å². The lowest BCUT2D eigenvalue weighted by Crippen LogP contribution is -2.52. The summed E-state index contributed by atoms with van der Waals surface area (Å²) in [7, 11) is 0. The van der Waals surface area contributed by atoms with Gasteiger partial charge in [-0.25, -0.2) is 4.98 Å². The summed E-state index contributed by atoms with van der Waals surface area (Å²) in [5, 5.41) is 2.31. The molecule has 1 saturated heterocycles. The van der Waals surface area contributed by atoms with Crippen LogP contribution in [0, 0.1) is 0 Å². The number of piperidine rings is 1. The van der Waals surface area contributed by atoms with E-state index in [0.29, 0.717) is 31.0 Å². The van der Waals surface area contributed by atoms with Gasteiger partial charge in [0.1, 0.15) is 6.04 Å². The lowest BCUT2D eigenvalue weighted by molar-refractivity contribution is -0.136. The average molecular weight is 365 g/mol. The lowest BCUT2D eigenvalue weighted by Gasteiger charge is -2.29. The molecule has 0 bridgehead atoms. The quantitative estimate of drug-likeness (QED) is 0.836. The number of carbonyl (C=O) groups excluding carboxylic acids is 3. The highest BCUT2D eigenvalue weighted by molar-refractivity contribution is 6.05. The maximum Gasteiger partial charge on any atom is 0.255 e. The summed E-state index contributed by atoms with van der Waals surface area (Å²) in [6.07, 6.45) is 0.602. The number of pyridine rings is 1. The number of nitrogens with zero attached hydrogens (tertiary/aromatic N) is 2. The van der Waals surface area contributed by atoms with Gasteiger partial charge < -0.3 is 9.64 Å². The first-order chi connectivity index (χ1) is 13.1. The van der Waals surface area contributed by atoms with Crippen LogP contribution in [-0.4, -0.2) is 40.3 Å². The molecule has 0 radical (unpaired) electrons. The van der Waals surface area contributed by atoms with Crippen LogP contribution in [0.5, 0.6) is 5.88 Å². The third kappa shape index (κ3) is 3.16. The fraction of sp³-hybridized carbons (Fsp3) is 0.300. The van der Waals surface area contributed by atoms with Crippen LogP contribution in [0.15, 0.2) is 36.4 Å². The maximum atomic E-state index is 12.7. The Bertz CT molecular complexity index is 941. The van der Waals surface area contributed by atoms with E-state index in [1.807, 2.05) is 31.2 Å². The summed E-state index contributed by atoms with van der Waals surface area (Å²) in [5.74, 6) is -0.319. The van der Waals surface area contributed by atoms with Crippen molar-refractivity contribution in [3.8, 4) is 17.1 Å². The Labute approximate surface area is 156 Å². The van der Waals surface area contributed by atoms with Crippen LogP contribution in [0.2, 0.25) is 0 Å². The number of hydrogen-bond acceptors (Lipinski definition) is 5. The van der Waals surface area contributed by atoms with Crippen molar-refractivity contribution in [2.24, 2.45) is 0 Å². The van der Waals surface area contributed by atoms with Gasteiger partial charge in [-0.3, -0.25) is 19.7 Å². The molecule has 2 aromatic rings. The zero-order valence-electron chi connectivity index (χ0n) is 14.9. The van der Waals surface area contributed by atoms with Gasteiger partial charge in [-0.2, -0.15) is 0 Å². The molecule has 3 amide bonds. The molecular formula is C20H19N3O4. The Morgan fingerprint density at radius 2 is 2.07 bits per heavy atom. The Kier molecular flexibility index (Phi) is 4.35. The Morgan fingerprint density at radius 3 is 2.85 bits per heavy atom. The molecule has 0 saturated carbocycles. The minimum absolute atomic E-state index is 0.179. The highest BCUT2D eigenvalue weighted by atomic mass is 16.5. The number of amides is 3. The fourth-order valence-corrected chi connectivity index (χ4v) is 3.54. The number of benzene rings is 1. The van der Waals surface area contributed by atoms with Gasteiger partial charge >= 0.3 is 0 Å². The molecule has 0 aliphatic carbocycles. The standard InChI is InChI=1S/C20H19N3O4/c1-2-27-18-5-3-4-15(21-18)12-6-7-14-13(10-12)11-23(20(14)26)16-8-9-17(24)22-19(16)25/h3-7,10,16H,2,8-9,11H2,1H3,(H,22,24,25). The average Bonchev–Trinajstić information content (AvgIpc) is 2.98. The molecule has 7 nitrogen and oxygen atoms in total. The maximum absolute atomic E-state index is 12.7. The Morgan fingerprint density at radius 1 is 1.22 bits per heavy atom. The number of nitrogens with one attached hydrogen (secondary N) is 1. The number of hydrogen-bond donors (Lipinski definition) is 1. The fourth-order valence-electron chi connectivity index (χ4n) is 3.54. The SMILES string of the molecule is CCOc1cccc(-c2ccc3c(c2)CN(C2CCC(=O)NC2=O)C3=O)n1. The van der Waals surface area contributed by atoms with E-state index >= 15 is 0 Å². The van der Waals surface area contributed by atoms with Crippen molar-refractivity contribution in [3.63, 3.8) is 0 Å². The van der Waals surface area contributed by atoms with Crippen molar-refractivity contribution in [1.29, 1.82) is 0 Å². The van der Waals surface area contributed by atoms with Gasteiger partial charge in [0.25, 0.3) is 5.91 Å². The van der Waals surface area contributed by atoms with Crippen molar-refractivity contribution >= 4 is 17.7 Å². The van der Waals surface area contributed by atoms with Crippen LogP contribution < -0.4 is 10.1 Å². The third-order valence-electron chi connectivity index (χ3n) is 4.84. The van der Waals surface area contributed by atoms with E-state index in [4.69, 9.17) is 4.74 Å². The molecule has 27 heavy (non-hydrogen) atoms. The number of ether oxygens (including phenoxy) is 1. The molecule has 4 rings (SSSR count). The van der Waals surface area contributed by atoms with E-state index in [2.05, 4.69) is 10.3 Å². The summed E-state index contributed by atoms with van der Waals surface area (Å²) in [6, 6.07) is 10.5. The second kappa shape index (κ2) is 6.83. The molecule has 1 unspecified atom stereocenters. The molecular weight excluding hydrogens is 346 g/mol. The van der Waals surface area contributed by atoms with Crippen LogP contribution in [0.1, 0.15) is 35.7 Å². The summed E-state index contributed by atoms with van der Waals surface area (Å²) in [4.78, 5) is 42.2. The Balaban J connectivity index is 1.60. The third-order valence-corrected chi connectivity index (χ3v) is 4.84. The first kappa shape index (κ1) is 17.2. The zero-order chi connectivity index (χ0) is 19.0. The van der Waals surface area contributed by atoms with Crippen LogP contribution in [0.3, 0.4) is 0 Å². The first-order valence-electron chi connectivity index (χ1n) is 8.94. The van der Waals surface area contributed by atoms with E-state index in [1.54, 1.807) is 17.0 Å². The van der Waals surface area contributed by atoms with Crippen molar-refractivity contribution in [2.75, 3.05) is 6.61 Å². The smallest absolute Gasteiger partial charge is 0.255 e. The summed E-state index contributed by atoms with van der Waals surface area (Å²) in [6.45, 7) is 2.79. The highest BCUT2D eigenvalue weighted by Crippen LogP contribution is 2.31. The van der Waals surface area contributed by atoms with E-state index in [1.165, 1.54) is 0 Å². The summed E-state index contributed by atoms with van der Waals surface area (Å²) >= 11 is 0. The minimum atomic E-state index is -0.606. The second-order valence-corrected chi connectivity index (χ2v) is 6.57. The molecule has 138 valence electrons.